The Morgan fingerprint density at radius 3 is 2.43 bits per heavy atom. The van der Waals surface area contributed by atoms with Crippen molar-refractivity contribution in [2.24, 2.45) is 0 Å². The maximum absolute atomic E-state index is 13.1. The fraction of sp³-hybridized carbons (Fsp3) is 0.364. The first kappa shape index (κ1) is 21.6. The third kappa shape index (κ3) is 6.18. The van der Waals surface area contributed by atoms with Gasteiger partial charge in [-0.2, -0.15) is 0 Å². The predicted octanol–water partition coefficient (Wildman–Crippen LogP) is 2.10. The largest absolute Gasteiger partial charge is 0.497 e. The fourth-order valence-corrected chi connectivity index (χ4v) is 3.36. The van der Waals surface area contributed by atoms with E-state index >= 15 is 0 Å². The van der Waals surface area contributed by atoms with Gasteiger partial charge in [0.15, 0.2) is 0 Å². The number of methoxy groups -OCH3 is 1. The lowest BCUT2D eigenvalue weighted by Crippen LogP contribution is -2.47. The molecular weight excluding hydrogens is 387 g/mol. The van der Waals surface area contributed by atoms with E-state index in [-0.39, 0.29) is 5.69 Å². The Hall–Kier alpha value is -3.13. The van der Waals surface area contributed by atoms with Gasteiger partial charge < -0.3 is 20.3 Å². The smallest absolute Gasteiger partial charge is 0.313 e. The van der Waals surface area contributed by atoms with Crippen LogP contribution in [0.1, 0.15) is 6.42 Å². The van der Waals surface area contributed by atoms with E-state index in [2.05, 4.69) is 32.6 Å². The van der Waals surface area contributed by atoms with Gasteiger partial charge in [0.2, 0.25) is 0 Å². The third-order valence-electron chi connectivity index (χ3n) is 5.04. The summed E-state index contributed by atoms with van der Waals surface area (Å²) in [5.41, 5.74) is 1.44. The number of hydrogen-bond donors (Lipinski definition) is 2. The summed E-state index contributed by atoms with van der Waals surface area (Å²) in [6.45, 7) is 5.03. The van der Waals surface area contributed by atoms with Gasteiger partial charge in [-0.1, -0.05) is 6.07 Å². The molecule has 0 radical (unpaired) electrons. The molecule has 0 aromatic heterocycles. The van der Waals surface area contributed by atoms with Crippen molar-refractivity contribution in [2.45, 2.75) is 6.42 Å². The highest BCUT2D eigenvalue weighted by molar-refractivity contribution is 6.39. The molecule has 0 saturated carbocycles. The minimum atomic E-state index is -0.797. The van der Waals surface area contributed by atoms with Gasteiger partial charge in [-0.15, -0.1) is 0 Å². The molecule has 0 atom stereocenters. The van der Waals surface area contributed by atoms with Crippen LogP contribution in [0, 0.1) is 5.82 Å². The second-order valence-electron chi connectivity index (χ2n) is 7.10. The number of ether oxygens (including phenoxy) is 1. The number of nitrogens with zero attached hydrogens (tertiary/aromatic N) is 2. The zero-order valence-electron chi connectivity index (χ0n) is 17.1. The third-order valence-corrected chi connectivity index (χ3v) is 5.04. The average Bonchev–Trinajstić information content (AvgIpc) is 2.77. The normalized spacial score (nSPS) is 14.3. The molecule has 3 rings (SSSR count). The van der Waals surface area contributed by atoms with E-state index in [9.17, 15) is 14.0 Å². The summed E-state index contributed by atoms with van der Waals surface area (Å²) >= 11 is 0. The molecule has 1 heterocycles. The SMILES string of the molecule is COc1ccc(N2CCN(CCCNC(=O)C(=O)Nc3cccc(F)c3)CC2)cc1. The summed E-state index contributed by atoms with van der Waals surface area (Å²) < 4.78 is 18.3. The van der Waals surface area contributed by atoms with Crippen molar-refractivity contribution in [2.75, 3.05) is 56.6 Å². The molecule has 8 heteroatoms. The number of hydrogen-bond acceptors (Lipinski definition) is 5. The van der Waals surface area contributed by atoms with Gasteiger partial charge in [0.1, 0.15) is 11.6 Å². The molecule has 1 aliphatic rings. The highest BCUT2D eigenvalue weighted by atomic mass is 19.1. The summed E-state index contributed by atoms with van der Waals surface area (Å²) in [5, 5.41) is 4.99. The van der Waals surface area contributed by atoms with E-state index in [0.29, 0.717) is 6.54 Å². The summed E-state index contributed by atoms with van der Waals surface area (Å²) in [5.74, 6) is -1.14. The van der Waals surface area contributed by atoms with Crippen LogP contribution >= 0.6 is 0 Å². The molecule has 0 spiro atoms. The predicted molar refractivity (Wildman–Crippen MR) is 114 cm³/mol. The molecule has 0 bridgehead atoms. The van der Waals surface area contributed by atoms with Gasteiger partial charge in [0.05, 0.1) is 7.11 Å². The highest BCUT2D eigenvalue weighted by Crippen LogP contribution is 2.20. The fourth-order valence-electron chi connectivity index (χ4n) is 3.36. The van der Waals surface area contributed by atoms with E-state index < -0.39 is 17.6 Å². The number of halogens is 1. The molecule has 1 saturated heterocycles. The van der Waals surface area contributed by atoms with Crippen LogP contribution in [-0.2, 0) is 9.59 Å². The van der Waals surface area contributed by atoms with Gasteiger partial charge in [-0.25, -0.2) is 4.39 Å². The Morgan fingerprint density at radius 1 is 1.03 bits per heavy atom. The quantitative estimate of drug-likeness (QED) is 0.536. The monoisotopic (exact) mass is 414 g/mol. The van der Waals surface area contributed by atoms with Crippen molar-refractivity contribution in [1.82, 2.24) is 10.2 Å². The molecule has 30 heavy (non-hydrogen) atoms. The molecule has 7 nitrogen and oxygen atoms in total. The minimum absolute atomic E-state index is 0.255. The molecule has 2 amide bonds. The Labute approximate surface area is 175 Å². The van der Waals surface area contributed by atoms with Gasteiger partial charge in [-0.05, 0) is 55.4 Å². The van der Waals surface area contributed by atoms with Gasteiger partial charge >= 0.3 is 11.8 Å². The van der Waals surface area contributed by atoms with Crippen molar-refractivity contribution in [3.05, 3.63) is 54.3 Å². The van der Waals surface area contributed by atoms with Crippen LogP contribution in [0.25, 0.3) is 0 Å². The minimum Gasteiger partial charge on any atom is -0.497 e. The first-order chi connectivity index (χ1) is 14.5. The van der Waals surface area contributed by atoms with E-state index in [4.69, 9.17) is 4.74 Å². The van der Waals surface area contributed by atoms with Crippen molar-refractivity contribution >= 4 is 23.2 Å². The molecular formula is C22H27FN4O3. The molecule has 160 valence electrons. The molecule has 2 aromatic rings. The zero-order chi connectivity index (χ0) is 21.3. The van der Waals surface area contributed by atoms with Gasteiger partial charge in [0.25, 0.3) is 0 Å². The van der Waals surface area contributed by atoms with Crippen LogP contribution < -0.4 is 20.3 Å². The van der Waals surface area contributed by atoms with Crippen LogP contribution in [0.15, 0.2) is 48.5 Å². The van der Waals surface area contributed by atoms with Crippen molar-refractivity contribution in [1.29, 1.82) is 0 Å². The average molecular weight is 414 g/mol. The maximum Gasteiger partial charge on any atom is 0.313 e. The lowest BCUT2D eigenvalue weighted by molar-refractivity contribution is -0.136. The topological polar surface area (TPSA) is 73.9 Å². The molecule has 2 aromatic carbocycles. The molecule has 2 N–H and O–H groups in total. The molecule has 1 fully saturated rings. The van der Waals surface area contributed by atoms with Crippen molar-refractivity contribution in [3.63, 3.8) is 0 Å². The number of carbonyl (C=O) groups excluding carboxylic acids is 2. The van der Waals surface area contributed by atoms with Crippen molar-refractivity contribution in [3.8, 4) is 5.75 Å². The van der Waals surface area contributed by atoms with Gasteiger partial charge in [0, 0.05) is 44.1 Å². The summed E-state index contributed by atoms with van der Waals surface area (Å²) in [4.78, 5) is 28.4. The molecule has 1 aliphatic heterocycles. The Balaban J connectivity index is 1.32. The Morgan fingerprint density at radius 2 is 1.77 bits per heavy atom. The van der Waals surface area contributed by atoms with Crippen LogP contribution in [0.4, 0.5) is 15.8 Å². The van der Waals surface area contributed by atoms with Crippen LogP contribution in [0.5, 0.6) is 5.75 Å². The number of piperazine rings is 1. The van der Waals surface area contributed by atoms with Crippen LogP contribution in [-0.4, -0.2) is 63.1 Å². The highest BCUT2D eigenvalue weighted by Gasteiger charge is 2.17. The first-order valence-corrected chi connectivity index (χ1v) is 10.0. The lowest BCUT2D eigenvalue weighted by Gasteiger charge is -2.36. The lowest BCUT2D eigenvalue weighted by atomic mass is 10.2. The maximum atomic E-state index is 13.1. The number of carbonyl (C=O) groups is 2. The van der Waals surface area contributed by atoms with Gasteiger partial charge in [-0.3, -0.25) is 14.5 Å². The standard InChI is InChI=1S/C22H27FN4O3/c1-30-20-8-6-19(7-9-20)27-14-12-26(13-15-27)11-3-10-24-21(28)22(29)25-18-5-2-4-17(23)16-18/h2,4-9,16H,3,10-15H2,1H3,(H,24,28)(H,25,29). The second-order valence-corrected chi connectivity index (χ2v) is 7.10. The van der Waals surface area contributed by atoms with E-state index in [0.717, 1.165) is 51.0 Å². The van der Waals surface area contributed by atoms with E-state index in [1.54, 1.807) is 7.11 Å². The summed E-state index contributed by atoms with van der Waals surface area (Å²) in [7, 11) is 1.66. The van der Waals surface area contributed by atoms with Crippen LogP contribution in [0.3, 0.4) is 0 Å². The van der Waals surface area contributed by atoms with Crippen molar-refractivity contribution < 1.29 is 18.7 Å². The molecule has 0 unspecified atom stereocenters. The van der Waals surface area contributed by atoms with E-state index in [1.807, 2.05) is 12.1 Å². The number of benzene rings is 2. The summed E-state index contributed by atoms with van der Waals surface area (Å²) in [6, 6.07) is 13.5. The number of nitrogens with one attached hydrogen (secondary N) is 2. The zero-order valence-corrected chi connectivity index (χ0v) is 17.1. The first-order valence-electron chi connectivity index (χ1n) is 10.0. The van der Waals surface area contributed by atoms with E-state index in [1.165, 1.54) is 23.9 Å². The Kier molecular flexibility index (Phi) is 7.62. The number of amides is 2. The Bertz CT molecular complexity index is 852. The van der Waals surface area contributed by atoms with Crippen LogP contribution in [0.2, 0.25) is 0 Å². The second kappa shape index (κ2) is 10.6. The number of anilines is 2. The summed E-state index contributed by atoms with van der Waals surface area (Å²) in [6.07, 6.45) is 0.752. The number of rotatable bonds is 7. The molecule has 0 aliphatic carbocycles.